The summed E-state index contributed by atoms with van der Waals surface area (Å²) in [5.74, 6) is 0. The Hall–Kier alpha value is -16.8. The fourth-order valence-corrected chi connectivity index (χ4v) is 21.4. The van der Waals surface area contributed by atoms with E-state index < -0.39 is 0 Å². The van der Waals surface area contributed by atoms with E-state index in [2.05, 4.69) is 449 Å². The fraction of sp³-hybridized carbons (Fsp3) is 0. The van der Waals surface area contributed by atoms with Gasteiger partial charge in [0.2, 0.25) is 0 Å². The molecule has 23 aromatic carbocycles. The van der Waals surface area contributed by atoms with Crippen molar-refractivity contribution in [1.29, 1.82) is 0 Å². The molecule has 0 spiro atoms. The van der Waals surface area contributed by atoms with E-state index in [0.29, 0.717) is 0 Å². The van der Waals surface area contributed by atoms with Gasteiger partial charge >= 0.3 is 0 Å². The van der Waals surface area contributed by atoms with E-state index in [9.17, 15) is 0 Å². The summed E-state index contributed by atoms with van der Waals surface area (Å²) >= 11 is 0. The van der Waals surface area contributed by atoms with Crippen molar-refractivity contribution >= 4 is 109 Å². The molecule has 2 aromatic heterocycles. The van der Waals surface area contributed by atoms with Gasteiger partial charge in [-0.15, -0.1) is 0 Å². The van der Waals surface area contributed by atoms with Gasteiger partial charge in [-0.1, -0.05) is 382 Å². The van der Waals surface area contributed by atoms with Gasteiger partial charge in [0.05, 0.1) is 0 Å². The minimum atomic E-state index is 0.895. The molecule has 128 heavy (non-hydrogen) atoms. The lowest BCUT2D eigenvalue weighted by molar-refractivity contribution is 0.668. The molecule has 3 aliphatic rings. The molecule has 28 rings (SSSR count). The van der Waals surface area contributed by atoms with Gasteiger partial charge in [0.25, 0.3) is 0 Å². The molecule has 0 unspecified atom stereocenters. The largest absolute Gasteiger partial charge is 0.456 e. The van der Waals surface area contributed by atoms with Gasteiger partial charge in [-0.2, -0.15) is 0 Å². The smallest absolute Gasteiger partial charge is 0.136 e. The van der Waals surface area contributed by atoms with Crippen molar-refractivity contribution in [3.63, 3.8) is 0 Å². The SMILES string of the molecule is c1ccc(-c2ccc3c(-c4cccc(-c5ccc6c7c(cccc57)-c5cc7ccccc7cc5-6)c4)cccc3c2)cc1.c1ccc(-c2ccc3c(-c4cccc(-c5ccc6c7c(cccc57)-c5ccccc5-6)c4)cccc3c2)cc1.c1ccc2c(c1)-c1cccc3c(-c4cc(-c5cccc6oc7ccccc7c56)cc(-c5cccc6oc7ccccc7c56)c4)ccc-2c13. The highest BCUT2D eigenvalue weighted by molar-refractivity contribution is 6.24. The van der Waals surface area contributed by atoms with Crippen LogP contribution in [0.25, 0.3) is 275 Å². The highest BCUT2D eigenvalue weighted by Gasteiger charge is 2.28. The second-order valence-electron chi connectivity index (χ2n) is 34.2. The Morgan fingerprint density at radius 1 is 0.102 bits per heavy atom. The predicted octanol–water partition coefficient (Wildman–Crippen LogP) is 35.7. The molecule has 25 aromatic rings. The zero-order chi connectivity index (χ0) is 84.0. The maximum Gasteiger partial charge on any atom is 0.136 e. The quantitative estimate of drug-likeness (QED) is 0.144. The van der Waals surface area contributed by atoms with Gasteiger partial charge in [-0.25, -0.2) is 0 Å². The van der Waals surface area contributed by atoms with Crippen LogP contribution in [-0.2, 0) is 0 Å². The highest BCUT2D eigenvalue weighted by atomic mass is 16.3. The lowest BCUT2D eigenvalue weighted by Gasteiger charge is -2.15. The molecule has 0 saturated carbocycles. The first kappa shape index (κ1) is 72.8. The third-order valence-electron chi connectivity index (χ3n) is 27.2. The molecular weight excluding hydrogens is 1550 g/mol. The normalized spacial score (nSPS) is 11.9. The summed E-state index contributed by atoms with van der Waals surface area (Å²) in [6.45, 7) is 0. The van der Waals surface area contributed by atoms with E-state index in [0.717, 1.165) is 66.1 Å². The minimum absolute atomic E-state index is 0.895. The van der Waals surface area contributed by atoms with E-state index in [1.807, 2.05) is 12.1 Å². The molecule has 0 amide bonds. The van der Waals surface area contributed by atoms with Crippen LogP contribution in [0.15, 0.2) is 470 Å². The molecule has 592 valence electrons. The molecule has 2 nitrogen and oxygen atoms in total. The molecular formula is C126H76O2. The van der Waals surface area contributed by atoms with Crippen LogP contribution in [0.5, 0.6) is 0 Å². The zero-order valence-corrected chi connectivity index (χ0v) is 69.7. The van der Waals surface area contributed by atoms with Crippen LogP contribution in [0.1, 0.15) is 0 Å². The molecule has 0 N–H and O–H groups in total. The van der Waals surface area contributed by atoms with Crippen molar-refractivity contribution in [3.8, 4) is 167 Å². The zero-order valence-electron chi connectivity index (χ0n) is 69.7. The van der Waals surface area contributed by atoms with Crippen molar-refractivity contribution in [2.45, 2.75) is 0 Å². The summed E-state index contributed by atoms with van der Waals surface area (Å²) in [4.78, 5) is 0. The van der Waals surface area contributed by atoms with Crippen LogP contribution in [0.2, 0.25) is 0 Å². The van der Waals surface area contributed by atoms with E-state index in [1.54, 1.807) is 0 Å². The van der Waals surface area contributed by atoms with Gasteiger partial charge < -0.3 is 8.83 Å². The van der Waals surface area contributed by atoms with Crippen molar-refractivity contribution in [3.05, 3.63) is 461 Å². The molecule has 0 atom stereocenters. The Bertz CT molecular complexity index is 8700. The molecule has 2 heterocycles. The number of fused-ring (bicyclic) bond motifs is 18. The average molecular weight is 1620 g/mol. The highest BCUT2D eigenvalue weighted by Crippen LogP contribution is 2.55. The summed E-state index contributed by atoms with van der Waals surface area (Å²) in [5.41, 5.74) is 41.6. The van der Waals surface area contributed by atoms with E-state index >= 15 is 0 Å². The second kappa shape index (κ2) is 29.5. The number of hydrogen-bond donors (Lipinski definition) is 0. The van der Waals surface area contributed by atoms with Crippen LogP contribution in [0.3, 0.4) is 0 Å². The van der Waals surface area contributed by atoms with Crippen molar-refractivity contribution in [2.75, 3.05) is 0 Å². The molecule has 2 heteroatoms. The maximum atomic E-state index is 6.35. The molecule has 0 aliphatic heterocycles. The number of benzene rings is 23. The van der Waals surface area contributed by atoms with Crippen molar-refractivity contribution < 1.29 is 8.83 Å². The molecule has 3 aliphatic carbocycles. The monoisotopic (exact) mass is 1620 g/mol. The van der Waals surface area contributed by atoms with Crippen LogP contribution >= 0.6 is 0 Å². The van der Waals surface area contributed by atoms with E-state index in [4.69, 9.17) is 8.83 Å². The fourth-order valence-electron chi connectivity index (χ4n) is 21.4. The number of hydrogen-bond acceptors (Lipinski definition) is 2. The van der Waals surface area contributed by atoms with Crippen molar-refractivity contribution in [1.82, 2.24) is 0 Å². The van der Waals surface area contributed by atoms with Gasteiger partial charge in [0.15, 0.2) is 0 Å². The Labute approximate surface area is 740 Å². The second-order valence-corrected chi connectivity index (χ2v) is 34.2. The van der Waals surface area contributed by atoms with Crippen LogP contribution in [0, 0.1) is 0 Å². The summed E-state index contributed by atoms with van der Waals surface area (Å²) < 4.78 is 12.7. The molecule has 0 fully saturated rings. The lowest BCUT2D eigenvalue weighted by atomic mass is 9.88. The standard InChI is InChI=1S/C46H26O2.C42H26.C38H24/c1-2-11-34-33(10-1)36-17-7-16-35-30(22-23-37(34)44(35)36)27-24-28(31-14-8-20-42-45(31)38-12-3-5-18-40(38)47-42)26-29(25-27)32-15-9-21-43-46(32)39-13-4-6-19-41(39)48-43;1-2-9-27(10-3-1)30-19-20-35-31(23-30)15-7-16-34(35)32-13-6-14-33(24-32)36-21-22-39-41-26-29-12-5-4-11-28(29)25-40(41)38-18-8-17-37(36)42(38)39;1-2-9-25(10-3-1)26-19-20-31-27(23-26)13-7-16-30(31)28-11-6-12-29(24-28)32-21-22-37-34-15-5-4-14-33(34)36-18-8-17-35(32)38(36)37/h1-26H;1-26H;1-24H. The molecule has 0 saturated heterocycles. The van der Waals surface area contributed by atoms with Gasteiger partial charge in [0, 0.05) is 21.5 Å². The van der Waals surface area contributed by atoms with Crippen LogP contribution < -0.4 is 0 Å². The van der Waals surface area contributed by atoms with E-state index in [-0.39, 0.29) is 0 Å². The number of rotatable bonds is 9. The predicted molar refractivity (Wildman–Crippen MR) is 541 cm³/mol. The topological polar surface area (TPSA) is 26.3 Å². The Morgan fingerprint density at radius 2 is 0.359 bits per heavy atom. The minimum Gasteiger partial charge on any atom is -0.456 e. The maximum absolute atomic E-state index is 6.35. The summed E-state index contributed by atoms with van der Waals surface area (Å²) in [6.07, 6.45) is 0. The molecule has 0 bridgehead atoms. The third-order valence-corrected chi connectivity index (χ3v) is 27.2. The first-order valence-corrected chi connectivity index (χ1v) is 44.2. The van der Waals surface area contributed by atoms with Gasteiger partial charge in [0.1, 0.15) is 22.3 Å². The lowest BCUT2D eigenvalue weighted by Crippen LogP contribution is -1.89. The Kier molecular flexibility index (Phi) is 16.8. The van der Waals surface area contributed by atoms with Gasteiger partial charge in [-0.05, 0) is 310 Å². The van der Waals surface area contributed by atoms with Crippen LogP contribution in [0.4, 0.5) is 0 Å². The average Bonchev–Trinajstić information content (AvgIpc) is 1.55. The Morgan fingerprint density at radius 3 is 0.789 bits per heavy atom. The first-order chi connectivity index (χ1) is 63.5. The number of furan rings is 2. The number of para-hydroxylation sites is 2. The third kappa shape index (κ3) is 11.8. The van der Waals surface area contributed by atoms with Gasteiger partial charge in [-0.3, -0.25) is 0 Å². The summed E-state index contributed by atoms with van der Waals surface area (Å²) in [6, 6.07) is 168. The Balaban J connectivity index is 0.000000102. The van der Waals surface area contributed by atoms with Crippen LogP contribution in [-0.4, -0.2) is 0 Å². The van der Waals surface area contributed by atoms with E-state index in [1.165, 1.54) is 209 Å². The molecule has 0 radical (unpaired) electrons. The summed E-state index contributed by atoms with van der Waals surface area (Å²) in [5, 5.41) is 20.1. The first-order valence-electron chi connectivity index (χ1n) is 44.2. The van der Waals surface area contributed by atoms with Crippen molar-refractivity contribution in [2.24, 2.45) is 0 Å². The summed E-state index contributed by atoms with van der Waals surface area (Å²) in [7, 11) is 0.